The average Bonchev–Trinajstić information content (AvgIpc) is 3.19. The number of aromatic nitrogens is 5. The molecule has 0 saturated carbocycles. The summed E-state index contributed by atoms with van der Waals surface area (Å²) in [7, 11) is 0. The standard InChI is InChI=1S/C13H10FN7O3/c14-9-3-1-8(2-4-9)6-20-7-15-13(19-20)16-12(22)10-5-11(18-17-10)21(23)24/h1-5,7H,6H2,(H,17,18)(H,16,19,22). The van der Waals surface area contributed by atoms with Gasteiger partial charge in [-0.15, -0.1) is 10.2 Å². The molecule has 2 N–H and O–H groups in total. The summed E-state index contributed by atoms with van der Waals surface area (Å²) in [5.41, 5.74) is 0.652. The van der Waals surface area contributed by atoms with Crippen molar-refractivity contribution >= 4 is 17.7 Å². The van der Waals surface area contributed by atoms with Gasteiger partial charge in [0, 0.05) is 0 Å². The second kappa shape index (κ2) is 6.24. The van der Waals surface area contributed by atoms with Crippen LogP contribution < -0.4 is 5.32 Å². The molecule has 11 heteroatoms. The number of nitro groups is 1. The molecule has 3 rings (SSSR count). The van der Waals surface area contributed by atoms with Crippen LogP contribution in [0.5, 0.6) is 0 Å². The minimum Gasteiger partial charge on any atom is -0.358 e. The highest BCUT2D eigenvalue weighted by Gasteiger charge is 2.17. The van der Waals surface area contributed by atoms with E-state index in [9.17, 15) is 19.3 Å². The van der Waals surface area contributed by atoms with Crippen LogP contribution in [0.1, 0.15) is 16.1 Å². The van der Waals surface area contributed by atoms with Gasteiger partial charge in [0.1, 0.15) is 12.1 Å². The molecule has 0 aliphatic rings. The number of rotatable bonds is 5. The van der Waals surface area contributed by atoms with E-state index in [1.54, 1.807) is 12.1 Å². The molecule has 0 unspecified atom stereocenters. The number of benzene rings is 1. The van der Waals surface area contributed by atoms with Crippen LogP contribution in [0, 0.1) is 15.9 Å². The summed E-state index contributed by atoms with van der Waals surface area (Å²) in [6, 6.07) is 6.89. The van der Waals surface area contributed by atoms with Crippen LogP contribution in [0.25, 0.3) is 0 Å². The number of halogens is 1. The van der Waals surface area contributed by atoms with Crippen molar-refractivity contribution in [3.8, 4) is 0 Å². The lowest BCUT2D eigenvalue weighted by atomic mass is 10.2. The molecule has 0 saturated heterocycles. The number of carbonyl (C=O) groups excluding carboxylic acids is 1. The monoisotopic (exact) mass is 331 g/mol. The van der Waals surface area contributed by atoms with Gasteiger partial charge in [0.25, 0.3) is 5.91 Å². The Morgan fingerprint density at radius 3 is 2.79 bits per heavy atom. The van der Waals surface area contributed by atoms with Crippen LogP contribution in [-0.4, -0.2) is 35.8 Å². The molecule has 0 aliphatic carbocycles. The van der Waals surface area contributed by atoms with E-state index in [4.69, 9.17) is 0 Å². The number of hydrogen-bond acceptors (Lipinski definition) is 6. The number of aromatic amines is 1. The first-order valence-corrected chi connectivity index (χ1v) is 6.66. The van der Waals surface area contributed by atoms with Crippen molar-refractivity contribution in [2.75, 3.05) is 5.32 Å². The van der Waals surface area contributed by atoms with Crippen molar-refractivity contribution in [3.05, 3.63) is 63.8 Å². The lowest BCUT2D eigenvalue weighted by molar-refractivity contribution is -0.389. The lowest BCUT2D eigenvalue weighted by Crippen LogP contribution is -2.14. The summed E-state index contributed by atoms with van der Waals surface area (Å²) in [6.45, 7) is 0.344. The molecule has 0 fully saturated rings. The number of nitrogens with zero attached hydrogens (tertiary/aromatic N) is 5. The van der Waals surface area contributed by atoms with Crippen molar-refractivity contribution < 1.29 is 14.1 Å². The van der Waals surface area contributed by atoms with Crippen molar-refractivity contribution in [1.29, 1.82) is 0 Å². The predicted octanol–water partition coefficient (Wildman–Crippen LogP) is 1.35. The zero-order chi connectivity index (χ0) is 17.1. The molecular weight excluding hydrogens is 321 g/mol. The van der Waals surface area contributed by atoms with Gasteiger partial charge in [-0.1, -0.05) is 17.2 Å². The van der Waals surface area contributed by atoms with E-state index in [2.05, 4.69) is 25.6 Å². The first kappa shape index (κ1) is 15.3. The molecule has 1 amide bonds. The van der Waals surface area contributed by atoms with Crippen molar-refractivity contribution in [1.82, 2.24) is 25.0 Å². The summed E-state index contributed by atoms with van der Waals surface area (Å²) in [4.78, 5) is 25.7. The van der Waals surface area contributed by atoms with Crippen LogP contribution in [0.3, 0.4) is 0 Å². The van der Waals surface area contributed by atoms with Crippen molar-refractivity contribution in [2.24, 2.45) is 0 Å². The number of amides is 1. The summed E-state index contributed by atoms with van der Waals surface area (Å²) in [5, 5.41) is 22.6. The molecule has 0 atom stereocenters. The molecule has 2 heterocycles. The quantitative estimate of drug-likeness (QED) is 0.536. The largest absolute Gasteiger partial charge is 0.358 e. The second-order valence-corrected chi connectivity index (χ2v) is 4.74. The Morgan fingerprint density at radius 1 is 1.38 bits per heavy atom. The van der Waals surface area contributed by atoms with Gasteiger partial charge in [0.05, 0.1) is 12.6 Å². The van der Waals surface area contributed by atoms with Crippen LogP contribution in [0.15, 0.2) is 36.7 Å². The zero-order valence-electron chi connectivity index (χ0n) is 12.0. The number of H-pyrrole nitrogens is 1. The Morgan fingerprint density at radius 2 is 2.12 bits per heavy atom. The average molecular weight is 331 g/mol. The van der Waals surface area contributed by atoms with Gasteiger partial charge in [-0.25, -0.2) is 14.1 Å². The van der Waals surface area contributed by atoms with E-state index in [0.29, 0.717) is 6.54 Å². The number of carbonyl (C=O) groups is 1. The molecular formula is C13H10FN7O3. The summed E-state index contributed by atoms with van der Waals surface area (Å²) < 4.78 is 14.3. The third-order valence-corrected chi connectivity index (χ3v) is 3.01. The Hall–Kier alpha value is -3.63. The predicted molar refractivity (Wildman–Crippen MR) is 78.7 cm³/mol. The SMILES string of the molecule is O=C(Nc1ncn(Cc2ccc(F)cc2)n1)c1cc([N+](=O)[O-])[nH]n1. The minimum absolute atomic E-state index is 0.0211. The van der Waals surface area contributed by atoms with E-state index in [0.717, 1.165) is 11.6 Å². The van der Waals surface area contributed by atoms with Gasteiger partial charge < -0.3 is 10.1 Å². The van der Waals surface area contributed by atoms with Crippen LogP contribution in [0.2, 0.25) is 0 Å². The van der Waals surface area contributed by atoms with Crippen molar-refractivity contribution in [3.63, 3.8) is 0 Å². The van der Waals surface area contributed by atoms with E-state index in [1.807, 2.05) is 0 Å². The third-order valence-electron chi connectivity index (χ3n) is 3.01. The molecule has 0 radical (unpaired) electrons. The highest BCUT2D eigenvalue weighted by atomic mass is 19.1. The fourth-order valence-corrected chi connectivity index (χ4v) is 1.89. The van der Waals surface area contributed by atoms with Crippen LogP contribution in [0.4, 0.5) is 16.2 Å². The van der Waals surface area contributed by atoms with Gasteiger partial charge in [-0.05, 0) is 22.6 Å². The topological polar surface area (TPSA) is 132 Å². The fourth-order valence-electron chi connectivity index (χ4n) is 1.89. The highest BCUT2D eigenvalue weighted by Crippen LogP contribution is 2.10. The van der Waals surface area contributed by atoms with Crippen LogP contribution >= 0.6 is 0 Å². The summed E-state index contributed by atoms with van der Waals surface area (Å²) in [6.07, 6.45) is 1.39. The Kier molecular flexibility index (Phi) is 3.97. The fraction of sp³-hybridized carbons (Fsp3) is 0.0769. The smallest absolute Gasteiger partial charge is 0.343 e. The van der Waals surface area contributed by atoms with E-state index in [-0.39, 0.29) is 17.5 Å². The van der Waals surface area contributed by atoms with Crippen molar-refractivity contribution in [2.45, 2.75) is 6.54 Å². The third kappa shape index (κ3) is 3.40. The first-order chi connectivity index (χ1) is 11.5. The number of hydrogen-bond donors (Lipinski definition) is 2. The molecule has 0 bridgehead atoms. The van der Waals surface area contributed by atoms with Crippen LogP contribution in [-0.2, 0) is 6.54 Å². The maximum Gasteiger partial charge on any atom is 0.343 e. The molecule has 122 valence electrons. The molecule has 2 aromatic heterocycles. The minimum atomic E-state index is -0.695. The lowest BCUT2D eigenvalue weighted by Gasteiger charge is -2.00. The highest BCUT2D eigenvalue weighted by molar-refractivity contribution is 6.02. The summed E-state index contributed by atoms with van der Waals surface area (Å²) >= 11 is 0. The molecule has 3 aromatic rings. The Balaban J connectivity index is 1.65. The molecule has 0 spiro atoms. The second-order valence-electron chi connectivity index (χ2n) is 4.74. The van der Waals surface area contributed by atoms with E-state index < -0.39 is 16.6 Å². The molecule has 1 aromatic carbocycles. The van der Waals surface area contributed by atoms with E-state index in [1.165, 1.54) is 23.1 Å². The summed E-state index contributed by atoms with van der Waals surface area (Å²) in [5.74, 6) is -1.39. The Bertz CT molecular complexity index is 887. The maximum atomic E-state index is 12.9. The van der Waals surface area contributed by atoms with Gasteiger partial charge in [-0.2, -0.15) is 0 Å². The maximum absolute atomic E-state index is 12.9. The van der Waals surface area contributed by atoms with Gasteiger partial charge in [0.15, 0.2) is 5.69 Å². The molecule has 0 aliphatic heterocycles. The van der Waals surface area contributed by atoms with Gasteiger partial charge >= 0.3 is 5.82 Å². The first-order valence-electron chi connectivity index (χ1n) is 6.66. The molecule has 10 nitrogen and oxygen atoms in total. The zero-order valence-corrected chi connectivity index (χ0v) is 12.0. The number of nitrogens with one attached hydrogen (secondary N) is 2. The Labute approximate surface area is 133 Å². The normalized spacial score (nSPS) is 10.5. The van der Waals surface area contributed by atoms with Gasteiger partial charge in [0.2, 0.25) is 5.95 Å². The van der Waals surface area contributed by atoms with Gasteiger partial charge in [-0.3, -0.25) is 10.1 Å². The number of anilines is 1. The van der Waals surface area contributed by atoms with E-state index >= 15 is 0 Å². The molecule has 24 heavy (non-hydrogen) atoms.